The van der Waals surface area contributed by atoms with Crippen LogP contribution in [-0.4, -0.2) is 40.2 Å². The number of rotatable bonds is 6. The largest absolute Gasteiger partial charge is 0.336 e. The van der Waals surface area contributed by atoms with Gasteiger partial charge in [0.1, 0.15) is 0 Å². The van der Waals surface area contributed by atoms with Crippen LogP contribution in [0.15, 0.2) is 54.6 Å². The fourth-order valence-corrected chi connectivity index (χ4v) is 4.05. The zero-order valence-electron chi connectivity index (χ0n) is 17.8. The molecule has 0 aromatic heterocycles. The number of nitrogens with zero attached hydrogens (tertiary/aromatic N) is 2. The quantitative estimate of drug-likeness (QED) is 0.683. The highest BCUT2D eigenvalue weighted by Crippen LogP contribution is 2.22. The van der Waals surface area contributed by atoms with Crippen LogP contribution in [0, 0.1) is 0 Å². The first-order valence-electron chi connectivity index (χ1n) is 10.8. The van der Waals surface area contributed by atoms with Crippen LogP contribution >= 0.6 is 0 Å². The van der Waals surface area contributed by atoms with Crippen molar-refractivity contribution in [2.45, 2.75) is 65.1 Å². The van der Waals surface area contributed by atoms with Crippen molar-refractivity contribution in [1.29, 1.82) is 0 Å². The van der Waals surface area contributed by atoms with Gasteiger partial charge in [-0.25, -0.2) is 0 Å². The Morgan fingerprint density at radius 3 is 2.28 bits per heavy atom. The molecule has 2 aromatic carbocycles. The Morgan fingerprint density at radius 1 is 1.00 bits per heavy atom. The van der Waals surface area contributed by atoms with Crippen molar-refractivity contribution in [2.24, 2.45) is 0 Å². The van der Waals surface area contributed by atoms with Crippen LogP contribution in [0.3, 0.4) is 0 Å². The van der Waals surface area contributed by atoms with E-state index in [9.17, 15) is 9.59 Å². The normalized spacial score (nSPS) is 16.7. The zero-order valence-corrected chi connectivity index (χ0v) is 17.8. The van der Waals surface area contributed by atoms with E-state index in [1.807, 2.05) is 54.0 Å². The number of benzene rings is 2. The summed E-state index contributed by atoms with van der Waals surface area (Å²) in [6.07, 6.45) is 4.34. The summed E-state index contributed by atoms with van der Waals surface area (Å²) in [4.78, 5) is 29.9. The molecule has 1 heterocycles. The van der Waals surface area contributed by atoms with Crippen molar-refractivity contribution in [3.63, 3.8) is 0 Å². The molecule has 1 aliphatic heterocycles. The third-order valence-corrected chi connectivity index (χ3v) is 5.82. The standard InChI is InChI=1S/C25H32N2O2/c1-4-23-12-8-9-17-26(23)24(28)21-13-15-22(16-14-21)25(29)27(19(2)3)18-20-10-6-5-7-11-20/h5-7,10-11,13-16,19,23H,4,8-9,12,17-18H2,1-3H3. The van der Waals surface area contributed by atoms with E-state index in [1.54, 1.807) is 24.3 Å². The van der Waals surface area contributed by atoms with E-state index in [0.29, 0.717) is 23.7 Å². The van der Waals surface area contributed by atoms with Gasteiger partial charge in [0, 0.05) is 36.3 Å². The molecule has 0 bridgehead atoms. The molecular formula is C25H32N2O2. The number of piperidine rings is 1. The average Bonchev–Trinajstić information content (AvgIpc) is 2.77. The van der Waals surface area contributed by atoms with E-state index < -0.39 is 0 Å². The second-order valence-corrected chi connectivity index (χ2v) is 8.15. The van der Waals surface area contributed by atoms with Crippen molar-refractivity contribution >= 4 is 11.8 Å². The first-order valence-corrected chi connectivity index (χ1v) is 10.8. The SMILES string of the molecule is CCC1CCCCN1C(=O)c1ccc(C(=O)N(Cc2ccccc2)C(C)C)cc1. The Balaban J connectivity index is 1.74. The highest BCUT2D eigenvalue weighted by molar-refractivity contribution is 5.98. The molecule has 1 atom stereocenters. The lowest BCUT2D eigenvalue weighted by atomic mass is 9.98. The maximum atomic E-state index is 13.1. The molecule has 0 saturated carbocycles. The molecule has 1 unspecified atom stereocenters. The number of hydrogen-bond donors (Lipinski definition) is 0. The molecule has 4 heteroatoms. The van der Waals surface area contributed by atoms with Crippen LogP contribution in [0.5, 0.6) is 0 Å². The molecule has 29 heavy (non-hydrogen) atoms. The summed E-state index contributed by atoms with van der Waals surface area (Å²) in [7, 11) is 0. The van der Waals surface area contributed by atoms with Crippen LogP contribution in [0.1, 0.15) is 72.7 Å². The lowest BCUT2D eigenvalue weighted by molar-refractivity contribution is 0.0606. The molecule has 1 saturated heterocycles. The van der Waals surface area contributed by atoms with E-state index in [2.05, 4.69) is 6.92 Å². The van der Waals surface area contributed by atoms with Crippen LogP contribution in [0.2, 0.25) is 0 Å². The van der Waals surface area contributed by atoms with Gasteiger partial charge in [-0.1, -0.05) is 37.3 Å². The highest BCUT2D eigenvalue weighted by atomic mass is 16.2. The molecule has 2 amide bonds. The molecule has 1 aliphatic rings. The van der Waals surface area contributed by atoms with Crippen molar-refractivity contribution in [2.75, 3.05) is 6.54 Å². The van der Waals surface area contributed by atoms with Gasteiger partial charge in [-0.15, -0.1) is 0 Å². The molecule has 154 valence electrons. The van der Waals surface area contributed by atoms with Gasteiger partial charge in [-0.3, -0.25) is 9.59 Å². The molecule has 0 aliphatic carbocycles. The number of hydrogen-bond acceptors (Lipinski definition) is 2. The lowest BCUT2D eigenvalue weighted by Gasteiger charge is -2.35. The monoisotopic (exact) mass is 392 g/mol. The Bertz CT molecular complexity index is 814. The third kappa shape index (κ3) is 5.06. The molecule has 0 radical (unpaired) electrons. The second-order valence-electron chi connectivity index (χ2n) is 8.15. The van der Waals surface area contributed by atoms with Gasteiger partial charge >= 0.3 is 0 Å². The third-order valence-electron chi connectivity index (χ3n) is 5.82. The minimum absolute atomic E-state index is 0.00717. The second kappa shape index (κ2) is 9.73. The summed E-state index contributed by atoms with van der Waals surface area (Å²) in [5, 5.41) is 0. The van der Waals surface area contributed by atoms with Gasteiger partial charge in [-0.2, -0.15) is 0 Å². The minimum atomic E-state index is -0.00717. The van der Waals surface area contributed by atoms with Gasteiger partial charge < -0.3 is 9.80 Å². The Kier molecular flexibility index (Phi) is 7.08. The van der Waals surface area contributed by atoms with Crippen molar-refractivity contribution < 1.29 is 9.59 Å². The molecule has 1 fully saturated rings. The molecule has 4 nitrogen and oxygen atoms in total. The Labute approximate surface area is 174 Å². The summed E-state index contributed by atoms with van der Waals surface area (Å²) in [5.41, 5.74) is 2.40. The lowest BCUT2D eigenvalue weighted by Crippen LogP contribution is -2.43. The predicted molar refractivity (Wildman–Crippen MR) is 117 cm³/mol. The van der Waals surface area contributed by atoms with Gasteiger partial charge in [0.25, 0.3) is 11.8 Å². The summed E-state index contributed by atoms with van der Waals surface area (Å²) >= 11 is 0. The van der Waals surface area contributed by atoms with Gasteiger partial charge in [-0.05, 0) is 69.4 Å². The van der Waals surface area contributed by atoms with E-state index in [4.69, 9.17) is 0 Å². The van der Waals surface area contributed by atoms with Crippen LogP contribution in [0.25, 0.3) is 0 Å². The molecular weight excluding hydrogens is 360 g/mol. The van der Waals surface area contributed by atoms with Crippen LogP contribution in [0.4, 0.5) is 0 Å². The van der Waals surface area contributed by atoms with E-state index in [0.717, 1.165) is 31.4 Å². The predicted octanol–water partition coefficient (Wildman–Crippen LogP) is 5.14. The Hall–Kier alpha value is -2.62. The smallest absolute Gasteiger partial charge is 0.254 e. The van der Waals surface area contributed by atoms with Crippen molar-refractivity contribution in [3.8, 4) is 0 Å². The maximum Gasteiger partial charge on any atom is 0.254 e. The number of carbonyl (C=O) groups excluding carboxylic acids is 2. The first-order chi connectivity index (χ1) is 14.0. The molecule has 0 N–H and O–H groups in total. The van der Waals surface area contributed by atoms with Gasteiger partial charge in [0.15, 0.2) is 0 Å². The molecule has 2 aromatic rings. The summed E-state index contributed by atoms with van der Waals surface area (Å²) in [6, 6.07) is 17.6. The van der Waals surface area contributed by atoms with Gasteiger partial charge in [0.05, 0.1) is 0 Å². The number of amides is 2. The summed E-state index contributed by atoms with van der Waals surface area (Å²) < 4.78 is 0. The average molecular weight is 393 g/mol. The topological polar surface area (TPSA) is 40.6 Å². The fourth-order valence-electron chi connectivity index (χ4n) is 4.05. The van der Waals surface area contributed by atoms with E-state index in [-0.39, 0.29) is 17.9 Å². The van der Waals surface area contributed by atoms with Crippen LogP contribution in [-0.2, 0) is 6.54 Å². The highest BCUT2D eigenvalue weighted by Gasteiger charge is 2.26. The zero-order chi connectivity index (χ0) is 20.8. The Morgan fingerprint density at radius 2 is 1.66 bits per heavy atom. The number of carbonyl (C=O) groups is 2. The maximum absolute atomic E-state index is 13.1. The summed E-state index contributed by atoms with van der Waals surface area (Å²) in [5.74, 6) is 0.0767. The fraction of sp³-hybridized carbons (Fsp3) is 0.440. The summed E-state index contributed by atoms with van der Waals surface area (Å²) in [6.45, 7) is 7.60. The van der Waals surface area contributed by atoms with Crippen molar-refractivity contribution in [1.82, 2.24) is 9.80 Å². The van der Waals surface area contributed by atoms with Crippen LogP contribution < -0.4 is 0 Å². The van der Waals surface area contributed by atoms with E-state index in [1.165, 1.54) is 6.42 Å². The van der Waals surface area contributed by atoms with E-state index >= 15 is 0 Å². The first kappa shape index (κ1) is 21.1. The molecule has 3 rings (SSSR count). The molecule has 0 spiro atoms. The van der Waals surface area contributed by atoms with Gasteiger partial charge in [0.2, 0.25) is 0 Å². The van der Waals surface area contributed by atoms with Crippen molar-refractivity contribution in [3.05, 3.63) is 71.3 Å². The minimum Gasteiger partial charge on any atom is -0.336 e. The number of likely N-dealkylation sites (tertiary alicyclic amines) is 1.